The first-order valence-electron chi connectivity index (χ1n) is 1.15. The van der Waals surface area contributed by atoms with E-state index in [4.69, 9.17) is 0 Å². The van der Waals surface area contributed by atoms with Gasteiger partial charge >= 0.3 is 34.6 Å². The van der Waals surface area contributed by atoms with Crippen molar-refractivity contribution in [1.82, 2.24) is 0 Å². The van der Waals surface area contributed by atoms with Crippen LogP contribution in [0.15, 0.2) is 0 Å². The Bertz CT molecular complexity index is 30.7. The predicted molar refractivity (Wildman–Crippen MR) is 41.8 cm³/mol. The molecule has 0 spiro atoms. The van der Waals surface area contributed by atoms with Gasteiger partial charge in [0, 0.05) is 0 Å². The van der Waals surface area contributed by atoms with E-state index in [0.717, 1.165) is 0 Å². The second-order valence-corrected chi connectivity index (χ2v) is 5.01. The summed E-state index contributed by atoms with van der Waals surface area (Å²) in [5.41, 5.74) is 0. The van der Waals surface area contributed by atoms with Crippen LogP contribution in [0.3, 0.4) is 0 Å². The van der Waals surface area contributed by atoms with Crippen molar-refractivity contribution < 1.29 is 14.9 Å². The fraction of sp³-hybridized carbons (Fsp3) is 1.00. The first-order chi connectivity index (χ1) is 3.41. The van der Waals surface area contributed by atoms with Crippen molar-refractivity contribution in [3.8, 4) is 0 Å². The number of hydrogen-bond acceptors (Lipinski definition) is 4. The van der Waals surface area contributed by atoms with E-state index in [0.29, 0.717) is 0 Å². The summed E-state index contributed by atoms with van der Waals surface area (Å²) in [4.78, 5) is 0. The SMILES string of the molecule is C[S-].C[S-].[S]=[W]=[S]. The molecule has 0 rings (SSSR count). The maximum absolute atomic E-state index is 4.38. The van der Waals surface area contributed by atoms with Gasteiger partial charge in [-0.25, -0.2) is 0 Å². The van der Waals surface area contributed by atoms with E-state index in [2.05, 4.69) is 44.9 Å². The summed E-state index contributed by atoms with van der Waals surface area (Å²) in [5, 5.41) is 0. The molecule has 0 aliphatic carbocycles. The molecule has 5 heteroatoms. The van der Waals surface area contributed by atoms with E-state index in [1.807, 2.05) is 0 Å². The van der Waals surface area contributed by atoms with Gasteiger partial charge in [-0.3, -0.25) is 0 Å². The minimum absolute atomic E-state index is 0.583. The standard InChI is InChI=1S/2CH4S.2S.W/c2*1-2;;;/h2*2H,1H3;;;/p-2. The maximum atomic E-state index is 4.38. The van der Waals surface area contributed by atoms with Crippen LogP contribution < -0.4 is 0 Å². The molecule has 0 nitrogen and oxygen atoms in total. The van der Waals surface area contributed by atoms with Gasteiger partial charge in [0.15, 0.2) is 0 Å². The fourth-order valence-corrected chi connectivity index (χ4v) is 0. The van der Waals surface area contributed by atoms with Gasteiger partial charge in [-0.05, 0) is 0 Å². The number of rotatable bonds is 0. The fourth-order valence-electron chi connectivity index (χ4n) is 0. The van der Waals surface area contributed by atoms with E-state index in [-0.39, 0.29) is 0 Å². The Balaban J connectivity index is -0.0000000360. The van der Waals surface area contributed by atoms with Gasteiger partial charge in [0.1, 0.15) is 0 Å². The Morgan fingerprint density at radius 3 is 1.00 bits per heavy atom. The summed E-state index contributed by atoms with van der Waals surface area (Å²) in [5.74, 6) is 0. The Morgan fingerprint density at radius 2 is 1.00 bits per heavy atom. The molecular weight excluding hydrogens is 336 g/mol. The second-order valence-electron chi connectivity index (χ2n) is 0.0680. The van der Waals surface area contributed by atoms with Crippen molar-refractivity contribution >= 4 is 44.9 Å². The molecule has 0 heterocycles. The van der Waals surface area contributed by atoms with Crippen LogP contribution in [-0.2, 0) is 40.2 Å². The molecule has 0 radical (unpaired) electrons. The van der Waals surface area contributed by atoms with Crippen LogP contribution >= 0.6 is 19.6 Å². The first kappa shape index (κ1) is 15.9. The molecule has 7 heavy (non-hydrogen) atoms. The van der Waals surface area contributed by atoms with Gasteiger partial charge in [0.25, 0.3) is 0 Å². The van der Waals surface area contributed by atoms with Crippen molar-refractivity contribution in [1.29, 1.82) is 0 Å². The molecule has 0 saturated heterocycles. The van der Waals surface area contributed by atoms with E-state index in [1.54, 1.807) is 12.5 Å². The van der Waals surface area contributed by atoms with Crippen molar-refractivity contribution in [2.75, 3.05) is 12.5 Å². The minimum atomic E-state index is -0.583. The molecule has 0 aromatic carbocycles. The van der Waals surface area contributed by atoms with Crippen LogP contribution in [0.2, 0.25) is 0 Å². The molecule has 0 N–H and O–H groups in total. The van der Waals surface area contributed by atoms with Crippen LogP contribution in [0.1, 0.15) is 0 Å². The molecule has 0 aliphatic rings. The third-order valence-corrected chi connectivity index (χ3v) is 0. The molecule has 46 valence electrons. The molecule has 0 saturated carbocycles. The van der Waals surface area contributed by atoms with E-state index in [9.17, 15) is 0 Å². The Hall–Kier alpha value is 1.83. The van der Waals surface area contributed by atoms with Crippen LogP contribution in [-0.4, -0.2) is 12.5 Å². The van der Waals surface area contributed by atoms with Gasteiger partial charge in [0.2, 0.25) is 0 Å². The third kappa shape index (κ3) is 79.6. The summed E-state index contributed by atoms with van der Waals surface area (Å²) >= 11 is 7.58. The Kier molecular flexibility index (Phi) is 104. The monoisotopic (exact) mass is 342 g/mol. The van der Waals surface area contributed by atoms with Gasteiger partial charge in [-0.15, -0.1) is 0 Å². The zero-order valence-corrected chi connectivity index (χ0v) is 10.2. The van der Waals surface area contributed by atoms with Crippen molar-refractivity contribution in [3.05, 3.63) is 0 Å². The van der Waals surface area contributed by atoms with Crippen LogP contribution in [0.4, 0.5) is 0 Å². The Morgan fingerprint density at radius 1 is 1.00 bits per heavy atom. The average Bonchev–Trinajstić information content (AvgIpc) is 1.78. The van der Waals surface area contributed by atoms with Gasteiger partial charge in [0.05, 0.1) is 0 Å². The van der Waals surface area contributed by atoms with Crippen LogP contribution in [0.5, 0.6) is 0 Å². The summed E-state index contributed by atoms with van der Waals surface area (Å²) in [6.45, 7) is 0. The second kappa shape index (κ2) is 45.6. The normalized spacial score (nSPS) is 3.43. The first-order valence-corrected chi connectivity index (χ1v) is 10.6. The molecule has 0 bridgehead atoms. The molecule has 0 aliphatic heterocycles. The summed E-state index contributed by atoms with van der Waals surface area (Å²) in [6.07, 6.45) is 3.17. The number of hydrogen-bond donors (Lipinski definition) is 0. The van der Waals surface area contributed by atoms with E-state index in [1.165, 1.54) is 0 Å². The van der Waals surface area contributed by atoms with Gasteiger partial charge in [-0.1, -0.05) is 0 Å². The van der Waals surface area contributed by atoms with E-state index >= 15 is 0 Å². The molecule has 0 atom stereocenters. The van der Waals surface area contributed by atoms with Crippen molar-refractivity contribution in [2.24, 2.45) is 0 Å². The summed E-state index contributed by atoms with van der Waals surface area (Å²) in [7, 11) is 8.75. The van der Waals surface area contributed by atoms with Crippen LogP contribution in [0, 0.1) is 0 Å². The topological polar surface area (TPSA) is 0 Å². The van der Waals surface area contributed by atoms with Crippen LogP contribution in [0.25, 0.3) is 0 Å². The quantitative estimate of drug-likeness (QED) is 0.614. The zero-order valence-electron chi connectivity index (χ0n) is 4.04. The molecule has 0 aromatic rings. The molecule has 0 unspecified atom stereocenters. The zero-order chi connectivity index (χ0) is 6.71. The average molecular weight is 342 g/mol. The molecular formula is C2H6S4W-2. The third-order valence-electron chi connectivity index (χ3n) is 0. The van der Waals surface area contributed by atoms with E-state index < -0.39 is 14.9 Å². The van der Waals surface area contributed by atoms with Gasteiger partial charge in [-0.2, -0.15) is 12.5 Å². The molecule has 0 fully saturated rings. The Labute approximate surface area is 71.7 Å². The summed E-state index contributed by atoms with van der Waals surface area (Å²) in [6, 6.07) is 0. The summed E-state index contributed by atoms with van der Waals surface area (Å²) < 4.78 is 0. The van der Waals surface area contributed by atoms with Gasteiger partial charge < -0.3 is 25.3 Å². The molecule has 0 amide bonds. The van der Waals surface area contributed by atoms with Crippen molar-refractivity contribution in [3.63, 3.8) is 0 Å². The molecule has 0 aromatic heterocycles. The van der Waals surface area contributed by atoms with Crippen molar-refractivity contribution in [2.45, 2.75) is 0 Å². The predicted octanol–water partition coefficient (Wildman–Crippen LogP) is 1.62.